The van der Waals surface area contributed by atoms with E-state index in [4.69, 9.17) is 14.2 Å². The molecule has 158 valence electrons. The minimum absolute atomic E-state index is 0.257. The molecule has 3 rings (SSSR count). The lowest BCUT2D eigenvalue weighted by molar-refractivity contribution is -0.147. The minimum atomic E-state index is -0.574. The van der Waals surface area contributed by atoms with Crippen LogP contribution < -0.4 is 9.47 Å². The molecular formula is C24H27NO5. The van der Waals surface area contributed by atoms with Crippen molar-refractivity contribution in [2.75, 3.05) is 26.9 Å². The third kappa shape index (κ3) is 5.86. The van der Waals surface area contributed by atoms with Crippen molar-refractivity contribution in [3.8, 4) is 11.5 Å². The van der Waals surface area contributed by atoms with E-state index in [2.05, 4.69) is 6.07 Å². The fraction of sp³-hybridized carbons (Fsp3) is 0.333. The number of rotatable bonds is 6. The molecule has 1 amide bonds. The Morgan fingerprint density at radius 3 is 2.60 bits per heavy atom. The quantitative estimate of drug-likeness (QED) is 0.538. The third-order valence-corrected chi connectivity index (χ3v) is 4.85. The summed E-state index contributed by atoms with van der Waals surface area (Å²) >= 11 is 0. The molecule has 2 aromatic rings. The Morgan fingerprint density at radius 2 is 1.83 bits per heavy atom. The van der Waals surface area contributed by atoms with Crippen LogP contribution in [0.15, 0.2) is 42.5 Å². The van der Waals surface area contributed by atoms with Crippen molar-refractivity contribution in [2.45, 2.75) is 26.8 Å². The zero-order valence-corrected chi connectivity index (χ0v) is 17.6. The van der Waals surface area contributed by atoms with Gasteiger partial charge in [0.15, 0.2) is 18.1 Å². The van der Waals surface area contributed by atoms with Crippen LogP contribution in [0.5, 0.6) is 11.5 Å². The third-order valence-electron chi connectivity index (χ3n) is 4.85. The Bertz CT molecular complexity index is 951. The van der Waals surface area contributed by atoms with Crippen LogP contribution >= 0.6 is 0 Å². The first-order valence-electron chi connectivity index (χ1n) is 9.97. The van der Waals surface area contributed by atoms with Crippen molar-refractivity contribution in [1.29, 1.82) is 0 Å². The maximum absolute atomic E-state index is 12.3. The van der Waals surface area contributed by atoms with Crippen molar-refractivity contribution in [1.82, 2.24) is 4.90 Å². The van der Waals surface area contributed by atoms with Gasteiger partial charge in [-0.1, -0.05) is 29.8 Å². The molecule has 0 unspecified atom stereocenters. The lowest BCUT2D eigenvalue weighted by Gasteiger charge is -2.18. The van der Waals surface area contributed by atoms with Crippen molar-refractivity contribution < 1.29 is 23.8 Å². The molecule has 0 aromatic heterocycles. The molecule has 1 aliphatic heterocycles. The number of hydrogen-bond donors (Lipinski definition) is 0. The number of amides is 1. The van der Waals surface area contributed by atoms with E-state index < -0.39 is 5.97 Å². The molecule has 0 atom stereocenters. The number of carbonyl (C=O) groups is 2. The second kappa shape index (κ2) is 9.96. The molecule has 6 heteroatoms. The predicted octanol–water partition coefficient (Wildman–Crippen LogP) is 3.68. The Hall–Kier alpha value is -3.28. The second-order valence-electron chi connectivity index (χ2n) is 7.38. The average molecular weight is 409 g/mol. The molecule has 0 radical (unpaired) electrons. The van der Waals surface area contributed by atoms with Gasteiger partial charge in [0.25, 0.3) is 5.91 Å². The summed E-state index contributed by atoms with van der Waals surface area (Å²) in [6, 6.07) is 11.6. The first kappa shape index (κ1) is 21.4. The standard InChI is InChI=1S/C24H27NO5/c1-17-5-8-20(18(2)13-17)15-25(3)23(26)16-30-24(27)10-7-19-6-9-21-22(14-19)29-12-4-11-28-21/h5-10,13-14H,4,11-12,15-16H2,1-3H3/b10-7+. The van der Waals surface area contributed by atoms with E-state index in [0.29, 0.717) is 31.3 Å². The summed E-state index contributed by atoms with van der Waals surface area (Å²) in [6.45, 7) is 5.44. The summed E-state index contributed by atoms with van der Waals surface area (Å²) in [5.74, 6) is 0.526. The van der Waals surface area contributed by atoms with Gasteiger partial charge in [0, 0.05) is 26.1 Å². The van der Waals surface area contributed by atoms with Crippen molar-refractivity contribution in [2.24, 2.45) is 0 Å². The molecule has 30 heavy (non-hydrogen) atoms. The number of esters is 1. The molecule has 0 fully saturated rings. The van der Waals surface area contributed by atoms with Crippen molar-refractivity contribution >= 4 is 18.0 Å². The molecular weight excluding hydrogens is 382 g/mol. The molecule has 0 aliphatic carbocycles. The fourth-order valence-corrected chi connectivity index (χ4v) is 3.11. The largest absolute Gasteiger partial charge is 0.490 e. The Morgan fingerprint density at radius 1 is 1.07 bits per heavy atom. The van der Waals surface area contributed by atoms with E-state index in [0.717, 1.165) is 23.1 Å². The highest BCUT2D eigenvalue weighted by atomic mass is 16.5. The van der Waals surface area contributed by atoms with Gasteiger partial charge in [-0.2, -0.15) is 0 Å². The second-order valence-corrected chi connectivity index (χ2v) is 7.38. The van der Waals surface area contributed by atoms with Crippen LogP contribution in [0.1, 0.15) is 28.7 Å². The van der Waals surface area contributed by atoms with E-state index in [1.54, 1.807) is 18.0 Å². The Labute approximate surface area is 177 Å². The highest BCUT2D eigenvalue weighted by Gasteiger charge is 2.13. The number of benzene rings is 2. The van der Waals surface area contributed by atoms with E-state index in [1.807, 2.05) is 44.2 Å². The molecule has 0 saturated carbocycles. The Balaban J connectivity index is 1.50. The lowest BCUT2D eigenvalue weighted by Crippen LogP contribution is -2.30. The average Bonchev–Trinajstić information content (AvgIpc) is 2.97. The van der Waals surface area contributed by atoms with Gasteiger partial charge in [0.05, 0.1) is 13.2 Å². The maximum Gasteiger partial charge on any atom is 0.331 e. The summed E-state index contributed by atoms with van der Waals surface area (Å²) < 4.78 is 16.3. The van der Waals surface area contributed by atoms with Crippen molar-refractivity contribution in [3.63, 3.8) is 0 Å². The molecule has 2 aromatic carbocycles. The van der Waals surface area contributed by atoms with E-state index in [-0.39, 0.29) is 12.5 Å². The first-order chi connectivity index (χ1) is 14.4. The Kier molecular flexibility index (Phi) is 7.12. The monoisotopic (exact) mass is 409 g/mol. The summed E-state index contributed by atoms with van der Waals surface area (Å²) in [7, 11) is 1.70. The number of aryl methyl sites for hydroxylation is 2. The maximum atomic E-state index is 12.3. The zero-order valence-electron chi connectivity index (χ0n) is 17.6. The minimum Gasteiger partial charge on any atom is -0.490 e. The van der Waals surface area contributed by atoms with Gasteiger partial charge >= 0.3 is 5.97 Å². The molecule has 6 nitrogen and oxygen atoms in total. The number of hydrogen-bond acceptors (Lipinski definition) is 5. The van der Waals surface area contributed by atoms with Crippen LogP contribution in [0.25, 0.3) is 6.08 Å². The lowest BCUT2D eigenvalue weighted by atomic mass is 10.1. The number of fused-ring (bicyclic) bond motifs is 1. The van der Waals surface area contributed by atoms with Gasteiger partial charge in [-0.15, -0.1) is 0 Å². The highest BCUT2D eigenvalue weighted by molar-refractivity contribution is 5.89. The smallest absolute Gasteiger partial charge is 0.331 e. The van der Waals surface area contributed by atoms with E-state index >= 15 is 0 Å². The number of likely N-dealkylation sites (N-methyl/N-ethyl adjacent to an activating group) is 1. The zero-order chi connectivity index (χ0) is 21.5. The SMILES string of the molecule is Cc1ccc(CN(C)C(=O)COC(=O)/C=C/c2ccc3c(c2)OCCCO3)c(C)c1. The van der Waals surface area contributed by atoms with Crippen LogP contribution in [0.2, 0.25) is 0 Å². The summed E-state index contributed by atoms with van der Waals surface area (Å²) in [6.07, 6.45) is 3.76. The normalized spacial score (nSPS) is 13.0. The van der Waals surface area contributed by atoms with Gasteiger partial charge in [0.1, 0.15) is 0 Å². The first-order valence-corrected chi connectivity index (χ1v) is 9.97. The number of nitrogens with zero attached hydrogens (tertiary/aromatic N) is 1. The number of ether oxygens (including phenoxy) is 3. The summed E-state index contributed by atoms with van der Waals surface area (Å²) in [4.78, 5) is 25.8. The molecule has 1 aliphatic rings. The summed E-state index contributed by atoms with van der Waals surface area (Å²) in [5, 5.41) is 0. The topological polar surface area (TPSA) is 65.1 Å². The van der Waals surface area contributed by atoms with Crippen LogP contribution in [0, 0.1) is 13.8 Å². The van der Waals surface area contributed by atoms with Crippen LogP contribution in [-0.4, -0.2) is 43.6 Å². The van der Waals surface area contributed by atoms with Gasteiger partial charge in [-0.05, 0) is 48.7 Å². The van der Waals surface area contributed by atoms with Crippen LogP contribution in [0.4, 0.5) is 0 Å². The number of carbonyl (C=O) groups excluding carboxylic acids is 2. The molecule has 0 saturated heterocycles. The molecule has 0 spiro atoms. The van der Waals surface area contributed by atoms with Crippen LogP contribution in [-0.2, 0) is 20.9 Å². The predicted molar refractivity (Wildman–Crippen MR) is 114 cm³/mol. The van der Waals surface area contributed by atoms with Gasteiger partial charge in [-0.25, -0.2) is 4.79 Å². The molecule has 1 heterocycles. The van der Waals surface area contributed by atoms with Crippen molar-refractivity contribution in [3.05, 3.63) is 64.7 Å². The summed E-state index contributed by atoms with van der Waals surface area (Å²) in [5.41, 5.74) is 4.16. The molecule has 0 N–H and O–H groups in total. The van der Waals surface area contributed by atoms with Crippen LogP contribution in [0.3, 0.4) is 0 Å². The van der Waals surface area contributed by atoms with E-state index in [9.17, 15) is 9.59 Å². The molecule has 0 bridgehead atoms. The highest BCUT2D eigenvalue weighted by Crippen LogP contribution is 2.30. The van der Waals surface area contributed by atoms with Gasteiger partial charge in [0.2, 0.25) is 0 Å². The van der Waals surface area contributed by atoms with E-state index in [1.165, 1.54) is 11.6 Å². The van der Waals surface area contributed by atoms with Gasteiger partial charge < -0.3 is 19.1 Å². The van der Waals surface area contributed by atoms with Gasteiger partial charge in [-0.3, -0.25) is 4.79 Å². The fourth-order valence-electron chi connectivity index (χ4n) is 3.11.